The SMILES string of the molecule is CSc1ccccc1C(=O)C#CC1=CCCCC1. The van der Waals surface area contributed by atoms with Crippen LogP contribution in [0.15, 0.2) is 40.8 Å². The molecule has 18 heavy (non-hydrogen) atoms. The van der Waals surface area contributed by atoms with Gasteiger partial charge in [-0.05, 0) is 55.6 Å². The lowest BCUT2D eigenvalue weighted by atomic mass is 10.00. The zero-order valence-electron chi connectivity index (χ0n) is 10.5. The lowest BCUT2D eigenvalue weighted by Crippen LogP contribution is -1.98. The minimum absolute atomic E-state index is 0.0774. The van der Waals surface area contributed by atoms with Gasteiger partial charge >= 0.3 is 0 Å². The van der Waals surface area contributed by atoms with E-state index >= 15 is 0 Å². The summed E-state index contributed by atoms with van der Waals surface area (Å²) in [5.41, 5.74) is 1.84. The minimum atomic E-state index is -0.0774. The molecule has 1 aliphatic carbocycles. The Labute approximate surface area is 113 Å². The van der Waals surface area contributed by atoms with Crippen LogP contribution in [-0.4, -0.2) is 12.0 Å². The molecule has 0 fully saturated rings. The van der Waals surface area contributed by atoms with Crippen molar-refractivity contribution < 1.29 is 4.79 Å². The first kappa shape index (κ1) is 13.0. The van der Waals surface area contributed by atoms with Crippen LogP contribution in [0.2, 0.25) is 0 Å². The van der Waals surface area contributed by atoms with Gasteiger partial charge in [0.25, 0.3) is 0 Å². The molecule has 0 N–H and O–H groups in total. The molecular formula is C16H16OS. The average molecular weight is 256 g/mol. The molecule has 1 aromatic rings. The third-order valence-electron chi connectivity index (χ3n) is 2.98. The van der Waals surface area contributed by atoms with Gasteiger partial charge in [-0.25, -0.2) is 0 Å². The summed E-state index contributed by atoms with van der Waals surface area (Å²) in [4.78, 5) is 13.0. The Morgan fingerprint density at radius 3 is 2.83 bits per heavy atom. The van der Waals surface area contributed by atoms with E-state index in [-0.39, 0.29) is 5.78 Å². The first-order valence-corrected chi connectivity index (χ1v) is 7.42. The molecule has 0 unspecified atom stereocenters. The predicted octanol–water partition coefficient (Wildman–Crippen LogP) is 4.10. The number of thioether (sulfide) groups is 1. The summed E-state index contributed by atoms with van der Waals surface area (Å²) in [6.45, 7) is 0. The Kier molecular flexibility index (Phi) is 4.66. The molecule has 1 aliphatic rings. The average Bonchev–Trinajstić information content (AvgIpc) is 2.45. The van der Waals surface area contributed by atoms with Crippen LogP contribution in [0.1, 0.15) is 36.0 Å². The first-order chi connectivity index (χ1) is 8.81. The van der Waals surface area contributed by atoms with Gasteiger partial charge in [0, 0.05) is 10.5 Å². The fraction of sp³-hybridized carbons (Fsp3) is 0.312. The molecule has 0 spiro atoms. The highest BCUT2D eigenvalue weighted by molar-refractivity contribution is 7.98. The number of rotatable bonds is 2. The van der Waals surface area contributed by atoms with Gasteiger partial charge in [-0.2, -0.15) is 0 Å². The predicted molar refractivity (Wildman–Crippen MR) is 76.9 cm³/mol. The van der Waals surface area contributed by atoms with Gasteiger partial charge in [0.1, 0.15) is 0 Å². The molecule has 0 aliphatic heterocycles. The van der Waals surface area contributed by atoms with Crippen LogP contribution in [0.25, 0.3) is 0 Å². The van der Waals surface area contributed by atoms with Crippen LogP contribution in [0.3, 0.4) is 0 Å². The molecule has 0 aromatic heterocycles. The van der Waals surface area contributed by atoms with Gasteiger partial charge in [-0.1, -0.05) is 24.1 Å². The second kappa shape index (κ2) is 6.47. The maximum Gasteiger partial charge on any atom is 0.237 e. The van der Waals surface area contributed by atoms with Crippen molar-refractivity contribution in [1.29, 1.82) is 0 Å². The van der Waals surface area contributed by atoms with E-state index < -0.39 is 0 Å². The fourth-order valence-corrected chi connectivity index (χ4v) is 2.58. The molecule has 0 amide bonds. The number of hydrogen-bond donors (Lipinski definition) is 0. The van der Waals surface area contributed by atoms with E-state index in [1.165, 1.54) is 12.8 Å². The highest BCUT2D eigenvalue weighted by atomic mass is 32.2. The molecule has 2 heteroatoms. The lowest BCUT2D eigenvalue weighted by molar-refractivity contribution is 0.105. The molecular weight excluding hydrogens is 240 g/mol. The van der Waals surface area contributed by atoms with Crippen molar-refractivity contribution in [3.05, 3.63) is 41.5 Å². The monoisotopic (exact) mass is 256 g/mol. The second-order valence-corrected chi connectivity index (χ2v) is 5.10. The lowest BCUT2D eigenvalue weighted by Gasteiger charge is -2.05. The summed E-state index contributed by atoms with van der Waals surface area (Å²) < 4.78 is 0. The third kappa shape index (κ3) is 3.27. The van der Waals surface area contributed by atoms with Crippen molar-refractivity contribution in [1.82, 2.24) is 0 Å². The zero-order chi connectivity index (χ0) is 12.8. The summed E-state index contributed by atoms with van der Waals surface area (Å²) in [5.74, 6) is 5.72. The Hall–Kier alpha value is -1.46. The molecule has 0 bridgehead atoms. The molecule has 1 aromatic carbocycles. The zero-order valence-corrected chi connectivity index (χ0v) is 11.3. The summed E-state index contributed by atoms with van der Waals surface area (Å²) in [5, 5.41) is 0. The van der Waals surface area contributed by atoms with E-state index in [2.05, 4.69) is 17.9 Å². The summed E-state index contributed by atoms with van der Waals surface area (Å²) in [6, 6.07) is 7.63. The van der Waals surface area contributed by atoms with E-state index in [0.717, 1.165) is 23.3 Å². The van der Waals surface area contributed by atoms with E-state index in [1.54, 1.807) is 11.8 Å². The minimum Gasteiger partial charge on any atom is -0.279 e. The fourth-order valence-electron chi connectivity index (χ4n) is 1.99. The molecule has 2 rings (SSSR count). The summed E-state index contributed by atoms with van der Waals surface area (Å²) >= 11 is 1.58. The van der Waals surface area contributed by atoms with Crippen molar-refractivity contribution in [2.24, 2.45) is 0 Å². The highest BCUT2D eigenvalue weighted by Gasteiger charge is 2.07. The molecule has 0 saturated carbocycles. The molecule has 1 nitrogen and oxygen atoms in total. The van der Waals surface area contributed by atoms with Gasteiger partial charge < -0.3 is 0 Å². The van der Waals surface area contributed by atoms with E-state index in [9.17, 15) is 4.79 Å². The molecule has 92 valence electrons. The van der Waals surface area contributed by atoms with Crippen molar-refractivity contribution in [3.63, 3.8) is 0 Å². The highest BCUT2D eigenvalue weighted by Crippen LogP contribution is 2.20. The number of Topliss-reactive ketones (excluding diaryl/α,β-unsaturated/α-hetero) is 1. The maximum atomic E-state index is 12.1. The van der Waals surface area contributed by atoms with Gasteiger partial charge in [0.05, 0.1) is 0 Å². The van der Waals surface area contributed by atoms with Gasteiger partial charge in [0.2, 0.25) is 5.78 Å². The van der Waals surface area contributed by atoms with Crippen LogP contribution < -0.4 is 0 Å². The Bertz CT molecular complexity index is 532. The third-order valence-corrected chi connectivity index (χ3v) is 3.77. The van der Waals surface area contributed by atoms with Crippen LogP contribution in [-0.2, 0) is 0 Å². The Morgan fingerprint density at radius 1 is 1.28 bits per heavy atom. The second-order valence-electron chi connectivity index (χ2n) is 4.25. The van der Waals surface area contributed by atoms with Crippen LogP contribution in [0, 0.1) is 11.8 Å². The number of hydrogen-bond acceptors (Lipinski definition) is 2. The number of allylic oxidation sites excluding steroid dienone is 2. The Morgan fingerprint density at radius 2 is 2.11 bits per heavy atom. The number of benzene rings is 1. The van der Waals surface area contributed by atoms with Crippen molar-refractivity contribution in [2.45, 2.75) is 30.6 Å². The molecule has 0 saturated heterocycles. The Balaban J connectivity index is 2.17. The first-order valence-electron chi connectivity index (χ1n) is 6.19. The van der Waals surface area contributed by atoms with Crippen molar-refractivity contribution in [2.75, 3.05) is 6.26 Å². The van der Waals surface area contributed by atoms with E-state index in [0.29, 0.717) is 5.56 Å². The van der Waals surface area contributed by atoms with Crippen LogP contribution in [0.4, 0.5) is 0 Å². The molecule has 0 atom stereocenters. The summed E-state index contributed by atoms with van der Waals surface area (Å²) in [7, 11) is 0. The molecule has 0 radical (unpaired) electrons. The number of ketones is 1. The van der Waals surface area contributed by atoms with Gasteiger partial charge in [-0.15, -0.1) is 11.8 Å². The number of carbonyl (C=O) groups is 1. The van der Waals surface area contributed by atoms with Crippen molar-refractivity contribution >= 4 is 17.5 Å². The van der Waals surface area contributed by atoms with Crippen molar-refractivity contribution in [3.8, 4) is 11.8 Å². The quantitative estimate of drug-likeness (QED) is 0.343. The number of carbonyl (C=O) groups excluding carboxylic acids is 1. The summed E-state index contributed by atoms with van der Waals surface area (Å²) in [6.07, 6.45) is 8.68. The maximum absolute atomic E-state index is 12.1. The van der Waals surface area contributed by atoms with E-state index in [1.807, 2.05) is 30.5 Å². The largest absolute Gasteiger partial charge is 0.279 e. The normalized spacial score (nSPS) is 14.4. The van der Waals surface area contributed by atoms with E-state index in [4.69, 9.17) is 0 Å². The topological polar surface area (TPSA) is 17.1 Å². The van der Waals surface area contributed by atoms with Crippen LogP contribution in [0.5, 0.6) is 0 Å². The molecule has 0 heterocycles. The standard InChI is InChI=1S/C16H16OS/c1-18-16-10-6-5-9-14(16)15(17)12-11-13-7-3-2-4-8-13/h5-7,9-10H,2-4,8H2,1H3. The van der Waals surface area contributed by atoms with Gasteiger partial charge in [-0.3, -0.25) is 4.79 Å². The smallest absolute Gasteiger partial charge is 0.237 e. The van der Waals surface area contributed by atoms with Crippen LogP contribution >= 0.6 is 11.8 Å². The van der Waals surface area contributed by atoms with Gasteiger partial charge in [0.15, 0.2) is 0 Å².